The van der Waals surface area contributed by atoms with E-state index in [1.807, 2.05) is 0 Å². The van der Waals surface area contributed by atoms with Gasteiger partial charge in [-0.05, 0) is 26.2 Å². The first kappa shape index (κ1) is 11.6. The number of aromatic nitrogens is 1. The Morgan fingerprint density at radius 3 is 2.82 bits per heavy atom. The number of carboxylic acid groups (broad SMARTS) is 1. The van der Waals surface area contributed by atoms with Crippen LogP contribution in [0.2, 0.25) is 0 Å². The van der Waals surface area contributed by atoms with Crippen LogP contribution >= 0.6 is 0 Å². The number of oxazole rings is 1. The number of carbonyl (C=O) groups excluding carboxylic acids is 1. The van der Waals surface area contributed by atoms with Crippen LogP contribution in [-0.2, 0) is 4.79 Å². The number of aryl methyl sites for hydroxylation is 1. The highest BCUT2D eigenvalue weighted by Crippen LogP contribution is 2.25. The van der Waals surface area contributed by atoms with Gasteiger partial charge in [-0.25, -0.2) is 4.98 Å². The van der Waals surface area contributed by atoms with E-state index in [-0.39, 0.29) is 23.6 Å². The van der Waals surface area contributed by atoms with E-state index in [0.29, 0.717) is 25.0 Å². The standard InChI is InChI=1S/C11H14N2O4/c1-6-9(17-5-12-6)10(14)13-8-3-2-7(4-8)11(15)16/h5,7-8H,2-4H2,1H3,(H,13,14)(H,15,16)/t7-,8+/m0/s1. The lowest BCUT2D eigenvalue weighted by Crippen LogP contribution is -2.33. The van der Waals surface area contributed by atoms with E-state index in [1.54, 1.807) is 6.92 Å². The molecule has 0 unspecified atom stereocenters. The molecule has 1 aromatic heterocycles. The molecule has 2 atom stereocenters. The van der Waals surface area contributed by atoms with Crippen molar-refractivity contribution in [3.63, 3.8) is 0 Å². The van der Waals surface area contributed by atoms with Crippen LogP contribution in [-0.4, -0.2) is 28.0 Å². The van der Waals surface area contributed by atoms with Crippen LogP contribution < -0.4 is 5.32 Å². The van der Waals surface area contributed by atoms with E-state index in [0.717, 1.165) is 0 Å². The number of aliphatic carboxylic acids is 1. The van der Waals surface area contributed by atoms with Gasteiger partial charge in [0.1, 0.15) is 0 Å². The first-order chi connectivity index (χ1) is 8.08. The molecule has 1 heterocycles. The van der Waals surface area contributed by atoms with E-state index in [2.05, 4.69) is 10.3 Å². The minimum Gasteiger partial charge on any atom is -0.481 e. The molecule has 1 saturated carbocycles. The monoisotopic (exact) mass is 238 g/mol. The lowest BCUT2D eigenvalue weighted by atomic mass is 10.1. The van der Waals surface area contributed by atoms with Gasteiger partial charge in [-0.15, -0.1) is 0 Å². The number of nitrogens with zero attached hydrogens (tertiary/aromatic N) is 1. The van der Waals surface area contributed by atoms with Gasteiger partial charge in [0.2, 0.25) is 5.76 Å². The van der Waals surface area contributed by atoms with E-state index in [4.69, 9.17) is 9.52 Å². The third-order valence-corrected chi connectivity index (χ3v) is 3.07. The van der Waals surface area contributed by atoms with Gasteiger partial charge in [-0.3, -0.25) is 9.59 Å². The van der Waals surface area contributed by atoms with Crippen molar-refractivity contribution in [2.75, 3.05) is 0 Å². The predicted molar refractivity (Wildman–Crippen MR) is 57.5 cm³/mol. The zero-order valence-corrected chi connectivity index (χ0v) is 9.47. The molecule has 1 aromatic rings. The Kier molecular flexibility index (Phi) is 3.12. The Morgan fingerprint density at radius 1 is 1.53 bits per heavy atom. The zero-order valence-electron chi connectivity index (χ0n) is 9.47. The molecule has 2 N–H and O–H groups in total. The zero-order chi connectivity index (χ0) is 12.4. The van der Waals surface area contributed by atoms with Crippen LogP contribution in [0.4, 0.5) is 0 Å². The van der Waals surface area contributed by atoms with Gasteiger partial charge >= 0.3 is 5.97 Å². The summed E-state index contributed by atoms with van der Waals surface area (Å²) in [5.74, 6) is -1.27. The lowest BCUT2D eigenvalue weighted by Gasteiger charge is -2.10. The van der Waals surface area contributed by atoms with Gasteiger partial charge in [-0.2, -0.15) is 0 Å². The van der Waals surface area contributed by atoms with Crippen LogP contribution in [0.5, 0.6) is 0 Å². The van der Waals surface area contributed by atoms with E-state index in [9.17, 15) is 9.59 Å². The van der Waals surface area contributed by atoms with Crippen molar-refractivity contribution in [1.82, 2.24) is 10.3 Å². The Bertz CT molecular complexity index is 440. The van der Waals surface area contributed by atoms with Crippen molar-refractivity contribution in [2.24, 2.45) is 5.92 Å². The van der Waals surface area contributed by atoms with Crippen LogP contribution in [0.3, 0.4) is 0 Å². The molecule has 0 aliphatic heterocycles. The average Bonchev–Trinajstić information content (AvgIpc) is 2.86. The third-order valence-electron chi connectivity index (χ3n) is 3.07. The van der Waals surface area contributed by atoms with Gasteiger partial charge in [0.05, 0.1) is 11.6 Å². The summed E-state index contributed by atoms with van der Waals surface area (Å²) >= 11 is 0. The molecule has 0 saturated heterocycles. The maximum absolute atomic E-state index is 11.8. The predicted octanol–water partition coefficient (Wildman–Crippen LogP) is 0.966. The second kappa shape index (κ2) is 4.57. The SMILES string of the molecule is Cc1ncoc1C(=O)N[C@@H]1CC[C@H](C(=O)O)C1. The molecule has 6 heteroatoms. The fraction of sp³-hybridized carbons (Fsp3) is 0.545. The van der Waals surface area contributed by atoms with Gasteiger partial charge in [0.15, 0.2) is 6.39 Å². The molecule has 6 nitrogen and oxygen atoms in total. The van der Waals surface area contributed by atoms with Crippen LogP contribution in [0.15, 0.2) is 10.8 Å². The molecule has 2 rings (SSSR count). The van der Waals surface area contributed by atoms with Gasteiger partial charge < -0.3 is 14.8 Å². The smallest absolute Gasteiger partial charge is 0.306 e. The third kappa shape index (κ3) is 2.46. The van der Waals surface area contributed by atoms with Crippen LogP contribution in [0.25, 0.3) is 0 Å². The normalized spacial score (nSPS) is 23.6. The van der Waals surface area contributed by atoms with Crippen LogP contribution in [0, 0.1) is 12.8 Å². The molecule has 92 valence electrons. The molecule has 0 spiro atoms. The number of nitrogens with one attached hydrogen (secondary N) is 1. The summed E-state index contributed by atoms with van der Waals surface area (Å²) in [6.07, 6.45) is 3.00. The van der Waals surface area contributed by atoms with Gasteiger partial charge in [0.25, 0.3) is 5.91 Å². The Balaban J connectivity index is 1.93. The maximum Gasteiger partial charge on any atom is 0.306 e. The quantitative estimate of drug-likeness (QED) is 0.818. The molecule has 17 heavy (non-hydrogen) atoms. The topological polar surface area (TPSA) is 92.4 Å². The highest BCUT2D eigenvalue weighted by atomic mass is 16.4. The summed E-state index contributed by atoms with van der Waals surface area (Å²) in [5, 5.41) is 11.6. The Hall–Kier alpha value is -1.85. The average molecular weight is 238 g/mol. The second-order valence-corrected chi connectivity index (χ2v) is 4.29. The van der Waals surface area contributed by atoms with Crippen molar-refractivity contribution in [2.45, 2.75) is 32.2 Å². The van der Waals surface area contributed by atoms with E-state index in [1.165, 1.54) is 6.39 Å². The Labute approximate surface area is 98.0 Å². The first-order valence-corrected chi connectivity index (χ1v) is 5.51. The first-order valence-electron chi connectivity index (χ1n) is 5.51. The fourth-order valence-electron chi connectivity index (χ4n) is 2.11. The summed E-state index contributed by atoms with van der Waals surface area (Å²) < 4.78 is 4.97. The largest absolute Gasteiger partial charge is 0.481 e. The number of carbonyl (C=O) groups is 2. The van der Waals surface area contributed by atoms with E-state index >= 15 is 0 Å². The minimum atomic E-state index is -0.794. The molecule has 1 aliphatic rings. The van der Waals surface area contributed by atoms with E-state index < -0.39 is 5.97 Å². The fourth-order valence-corrected chi connectivity index (χ4v) is 2.11. The highest BCUT2D eigenvalue weighted by Gasteiger charge is 2.31. The molecule has 1 fully saturated rings. The second-order valence-electron chi connectivity index (χ2n) is 4.29. The molecule has 1 amide bonds. The molecular weight excluding hydrogens is 224 g/mol. The van der Waals surface area contributed by atoms with Crippen molar-refractivity contribution in [1.29, 1.82) is 0 Å². The molecule has 0 bridgehead atoms. The molecule has 0 aromatic carbocycles. The number of amides is 1. The number of hydrogen-bond acceptors (Lipinski definition) is 4. The molecular formula is C11H14N2O4. The number of rotatable bonds is 3. The van der Waals surface area contributed by atoms with Crippen molar-refractivity contribution >= 4 is 11.9 Å². The van der Waals surface area contributed by atoms with Gasteiger partial charge in [0, 0.05) is 6.04 Å². The lowest BCUT2D eigenvalue weighted by molar-refractivity contribution is -0.141. The van der Waals surface area contributed by atoms with Crippen molar-refractivity contribution in [3.8, 4) is 0 Å². The summed E-state index contributed by atoms with van der Waals surface area (Å²) in [5.41, 5.74) is 0.537. The van der Waals surface area contributed by atoms with Crippen molar-refractivity contribution in [3.05, 3.63) is 17.8 Å². The minimum absolute atomic E-state index is 0.0897. The molecule has 0 radical (unpaired) electrons. The van der Waals surface area contributed by atoms with Crippen LogP contribution in [0.1, 0.15) is 35.5 Å². The maximum atomic E-state index is 11.8. The molecule has 1 aliphatic carbocycles. The summed E-state index contributed by atoms with van der Waals surface area (Å²) in [6.45, 7) is 1.69. The van der Waals surface area contributed by atoms with Crippen molar-refractivity contribution < 1.29 is 19.1 Å². The highest BCUT2D eigenvalue weighted by molar-refractivity contribution is 5.92. The summed E-state index contributed by atoms with van der Waals surface area (Å²) in [6, 6.07) is -0.0897. The summed E-state index contributed by atoms with van der Waals surface area (Å²) in [7, 11) is 0. The van der Waals surface area contributed by atoms with Gasteiger partial charge in [-0.1, -0.05) is 0 Å². The summed E-state index contributed by atoms with van der Waals surface area (Å²) in [4.78, 5) is 26.4. The number of carboxylic acids is 1. The number of hydrogen-bond donors (Lipinski definition) is 2. The Morgan fingerprint density at radius 2 is 2.29 bits per heavy atom.